The number of hydrogen-bond acceptors (Lipinski definition) is 5. The van der Waals surface area contributed by atoms with Gasteiger partial charge in [-0.05, 0) is 44.5 Å². The normalized spacial score (nSPS) is 23.2. The van der Waals surface area contributed by atoms with E-state index in [0.29, 0.717) is 12.0 Å². The van der Waals surface area contributed by atoms with Gasteiger partial charge < -0.3 is 9.84 Å². The first kappa shape index (κ1) is 15.9. The number of carbonyl (C=O) groups is 1. The van der Waals surface area contributed by atoms with E-state index in [1.165, 1.54) is 28.6 Å². The van der Waals surface area contributed by atoms with Crippen molar-refractivity contribution in [3.05, 3.63) is 29.8 Å². The quantitative estimate of drug-likeness (QED) is 0.839. The molecule has 7 heteroatoms. The number of sulfonamides is 1. The Morgan fingerprint density at radius 3 is 2.48 bits per heavy atom. The largest absolute Gasteiger partial charge is 0.462 e. The summed E-state index contributed by atoms with van der Waals surface area (Å²) in [6, 6.07) is 5.63. The summed E-state index contributed by atoms with van der Waals surface area (Å²) in [6.45, 7) is 3.95. The summed E-state index contributed by atoms with van der Waals surface area (Å²) in [6.07, 6.45) is 0.410. The maximum Gasteiger partial charge on any atom is 0.338 e. The van der Waals surface area contributed by atoms with Crippen molar-refractivity contribution in [1.29, 1.82) is 0 Å². The Morgan fingerprint density at radius 2 is 2.00 bits per heavy atom. The second-order valence-corrected chi connectivity index (χ2v) is 7.27. The Labute approximate surface area is 124 Å². The Balaban J connectivity index is 2.20. The number of carbonyl (C=O) groups excluding carboxylic acids is 1. The first-order chi connectivity index (χ1) is 9.76. The van der Waals surface area contributed by atoms with Gasteiger partial charge in [0.15, 0.2) is 0 Å². The lowest BCUT2D eigenvalue weighted by molar-refractivity contribution is 0.0526. The van der Waals surface area contributed by atoms with Gasteiger partial charge in [-0.25, -0.2) is 13.2 Å². The van der Waals surface area contributed by atoms with E-state index in [9.17, 15) is 18.3 Å². The molecule has 1 heterocycles. The lowest BCUT2D eigenvalue weighted by Gasteiger charge is -2.19. The molecule has 0 bridgehead atoms. The zero-order chi connectivity index (χ0) is 15.7. The minimum Gasteiger partial charge on any atom is -0.462 e. The van der Waals surface area contributed by atoms with Crippen LogP contribution < -0.4 is 0 Å². The van der Waals surface area contributed by atoms with Crippen LogP contribution in [0.4, 0.5) is 0 Å². The summed E-state index contributed by atoms with van der Waals surface area (Å²) in [4.78, 5) is 11.6. The molecule has 116 valence electrons. The van der Waals surface area contributed by atoms with E-state index in [4.69, 9.17) is 4.74 Å². The molecule has 21 heavy (non-hydrogen) atoms. The van der Waals surface area contributed by atoms with Gasteiger partial charge in [0.1, 0.15) is 0 Å². The Bertz CT molecular complexity index is 621. The second kappa shape index (κ2) is 5.75. The number of benzene rings is 1. The average molecular weight is 313 g/mol. The van der Waals surface area contributed by atoms with Gasteiger partial charge in [-0.3, -0.25) is 0 Å². The van der Waals surface area contributed by atoms with Crippen molar-refractivity contribution >= 4 is 16.0 Å². The SMILES string of the molecule is CCOC(=O)c1ccc(S(=O)(=O)N2CCC(C)(O)C2)cc1. The van der Waals surface area contributed by atoms with E-state index in [1.54, 1.807) is 13.8 Å². The predicted molar refractivity (Wildman–Crippen MR) is 76.4 cm³/mol. The third kappa shape index (κ3) is 3.42. The monoisotopic (exact) mass is 313 g/mol. The van der Waals surface area contributed by atoms with Gasteiger partial charge >= 0.3 is 5.97 Å². The molecule has 0 aliphatic carbocycles. The van der Waals surface area contributed by atoms with Gasteiger partial charge in [0.25, 0.3) is 0 Å². The minimum atomic E-state index is -3.64. The van der Waals surface area contributed by atoms with E-state index in [0.717, 1.165) is 0 Å². The zero-order valence-corrected chi connectivity index (χ0v) is 12.9. The standard InChI is InChI=1S/C14H19NO5S/c1-3-20-13(16)11-4-6-12(7-5-11)21(18,19)15-9-8-14(2,17)10-15/h4-7,17H,3,8-10H2,1-2H3. The highest BCUT2D eigenvalue weighted by molar-refractivity contribution is 7.89. The van der Waals surface area contributed by atoms with Crippen LogP contribution >= 0.6 is 0 Å². The average Bonchev–Trinajstić information content (AvgIpc) is 2.80. The van der Waals surface area contributed by atoms with Gasteiger partial charge in [0.05, 0.1) is 22.7 Å². The van der Waals surface area contributed by atoms with Crippen molar-refractivity contribution in [3.8, 4) is 0 Å². The third-order valence-corrected chi connectivity index (χ3v) is 5.28. The molecule has 0 saturated carbocycles. The van der Waals surface area contributed by atoms with E-state index in [1.807, 2.05) is 0 Å². The molecule has 1 atom stereocenters. The number of nitrogens with zero attached hydrogens (tertiary/aromatic N) is 1. The summed E-state index contributed by atoms with van der Waals surface area (Å²) in [5.74, 6) is -0.481. The summed E-state index contributed by atoms with van der Waals surface area (Å²) in [7, 11) is -3.64. The van der Waals surface area contributed by atoms with Crippen molar-refractivity contribution in [1.82, 2.24) is 4.31 Å². The highest BCUT2D eigenvalue weighted by atomic mass is 32.2. The molecule has 0 aromatic heterocycles. The zero-order valence-electron chi connectivity index (χ0n) is 12.1. The van der Waals surface area contributed by atoms with Crippen molar-refractivity contribution in [2.24, 2.45) is 0 Å². The van der Waals surface area contributed by atoms with Gasteiger partial charge in [-0.15, -0.1) is 0 Å². The van der Waals surface area contributed by atoms with Crippen molar-refractivity contribution in [2.45, 2.75) is 30.8 Å². The topological polar surface area (TPSA) is 83.9 Å². The smallest absolute Gasteiger partial charge is 0.338 e. The first-order valence-electron chi connectivity index (χ1n) is 6.76. The highest BCUT2D eigenvalue weighted by Gasteiger charge is 2.38. The Hall–Kier alpha value is -1.44. The van der Waals surface area contributed by atoms with Crippen LogP contribution in [0.2, 0.25) is 0 Å². The van der Waals surface area contributed by atoms with Crippen molar-refractivity contribution in [3.63, 3.8) is 0 Å². The minimum absolute atomic E-state index is 0.0783. The number of ether oxygens (including phenoxy) is 1. The summed E-state index contributed by atoms with van der Waals surface area (Å²) >= 11 is 0. The molecule has 1 aromatic carbocycles. The molecule has 1 saturated heterocycles. The Kier molecular flexibility index (Phi) is 4.36. The van der Waals surface area contributed by atoms with Gasteiger partial charge in [0.2, 0.25) is 10.0 Å². The van der Waals surface area contributed by atoms with Crippen LogP contribution in [0.3, 0.4) is 0 Å². The molecular formula is C14H19NO5S. The van der Waals surface area contributed by atoms with Gasteiger partial charge in [-0.2, -0.15) is 4.31 Å². The van der Waals surface area contributed by atoms with Crippen LogP contribution in [0.5, 0.6) is 0 Å². The summed E-state index contributed by atoms with van der Waals surface area (Å²) in [5, 5.41) is 9.88. The van der Waals surface area contributed by atoms with E-state index < -0.39 is 21.6 Å². The third-order valence-electron chi connectivity index (χ3n) is 3.42. The van der Waals surface area contributed by atoms with Crippen LogP contribution in [-0.2, 0) is 14.8 Å². The van der Waals surface area contributed by atoms with E-state index in [-0.39, 0.29) is 24.6 Å². The maximum atomic E-state index is 12.4. The Morgan fingerprint density at radius 1 is 1.38 bits per heavy atom. The number of esters is 1. The van der Waals surface area contributed by atoms with Crippen LogP contribution in [-0.4, -0.2) is 49.1 Å². The molecule has 0 amide bonds. The number of aliphatic hydroxyl groups is 1. The van der Waals surface area contributed by atoms with Crippen LogP contribution in [0.25, 0.3) is 0 Å². The predicted octanol–water partition coefficient (Wildman–Crippen LogP) is 1.01. The van der Waals surface area contributed by atoms with Crippen molar-refractivity contribution in [2.75, 3.05) is 19.7 Å². The molecule has 0 spiro atoms. The number of β-amino-alcohol motifs (C(OH)–C–C–N with tert-alkyl or cyclic N) is 1. The van der Waals surface area contributed by atoms with E-state index >= 15 is 0 Å². The number of rotatable bonds is 4. The second-order valence-electron chi connectivity index (χ2n) is 5.33. The fourth-order valence-electron chi connectivity index (χ4n) is 2.24. The lowest BCUT2D eigenvalue weighted by atomic mass is 10.1. The molecular weight excluding hydrogens is 294 g/mol. The molecule has 1 aromatic rings. The molecule has 1 aliphatic heterocycles. The molecule has 1 unspecified atom stereocenters. The molecule has 1 N–H and O–H groups in total. The number of hydrogen-bond donors (Lipinski definition) is 1. The van der Waals surface area contributed by atoms with Crippen molar-refractivity contribution < 1.29 is 23.1 Å². The van der Waals surface area contributed by atoms with E-state index in [2.05, 4.69) is 0 Å². The molecule has 6 nitrogen and oxygen atoms in total. The molecule has 1 aliphatic rings. The molecule has 2 rings (SSSR count). The van der Waals surface area contributed by atoms with Crippen LogP contribution in [0, 0.1) is 0 Å². The fraction of sp³-hybridized carbons (Fsp3) is 0.500. The fourth-order valence-corrected chi connectivity index (χ4v) is 3.79. The summed E-state index contributed by atoms with van der Waals surface area (Å²) in [5.41, 5.74) is -0.679. The van der Waals surface area contributed by atoms with Gasteiger partial charge in [0, 0.05) is 13.1 Å². The summed E-state index contributed by atoms with van der Waals surface area (Å²) < 4.78 is 31.0. The lowest BCUT2D eigenvalue weighted by Crippen LogP contribution is -2.33. The highest BCUT2D eigenvalue weighted by Crippen LogP contribution is 2.26. The molecule has 0 radical (unpaired) electrons. The maximum absolute atomic E-state index is 12.4. The van der Waals surface area contributed by atoms with Crippen LogP contribution in [0.15, 0.2) is 29.2 Å². The molecule has 1 fully saturated rings. The first-order valence-corrected chi connectivity index (χ1v) is 8.20. The van der Waals surface area contributed by atoms with Crippen LogP contribution in [0.1, 0.15) is 30.6 Å². The van der Waals surface area contributed by atoms with Gasteiger partial charge in [-0.1, -0.05) is 0 Å².